The first-order valence-electron chi connectivity index (χ1n) is 15.2. The molecule has 0 spiro atoms. The van der Waals surface area contributed by atoms with Crippen molar-refractivity contribution in [1.82, 2.24) is 9.97 Å². The van der Waals surface area contributed by atoms with Crippen LogP contribution in [0.5, 0.6) is 0 Å². The molecule has 8 aromatic rings. The summed E-state index contributed by atoms with van der Waals surface area (Å²) in [4.78, 5) is 9.34. The summed E-state index contributed by atoms with van der Waals surface area (Å²) in [6.07, 6.45) is 3.75. The van der Waals surface area contributed by atoms with Crippen LogP contribution in [0.2, 0.25) is 0 Å². The first-order chi connectivity index (χ1) is 22.4. The molecule has 0 amide bonds. The molecule has 0 aliphatic rings. The maximum atomic E-state index is 4.67. The molecule has 1 radical (unpaired) electrons. The fourth-order valence-corrected chi connectivity index (χ4v) is 8.46. The zero-order valence-corrected chi connectivity index (χ0v) is 28.3. The molecule has 0 N–H and O–H groups in total. The molecule has 225 valence electrons. The van der Waals surface area contributed by atoms with Crippen molar-refractivity contribution >= 4 is 45.6 Å². The molecule has 0 atom stereocenters. The predicted molar refractivity (Wildman–Crippen MR) is 194 cm³/mol. The number of rotatable bonds is 5. The molecule has 2 nitrogen and oxygen atoms in total. The monoisotopic (exact) mass is 792 g/mol. The van der Waals surface area contributed by atoms with E-state index in [1.54, 1.807) is 0 Å². The van der Waals surface area contributed by atoms with Gasteiger partial charge in [0.1, 0.15) is 15.9 Å². The van der Waals surface area contributed by atoms with Crippen LogP contribution in [0, 0.1) is 0 Å². The van der Waals surface area contributed by atoms with Gasteiger partial charge < -0.3 is 0 Å². The number of fused-ring (bicyclic) bond motifs is 3. The minimum Gasteiger partial charge on any atom is -0.254 e. The van der Waals surface area contributed by atoms with Crippen molar-refractivity contribution in [2.24, 2.45) is 0 Å². The van der Waals surface area contributed by atoms with Crippen LogP contribution in [0.25, 0.3) is 44.1 Å². The summed E-state index contributed by atoms with van der Waals surface area (Å²) in [6, 6.07) is 61.8. The summed E-state index contributed by atoms with van der Waals surface area (Å²) in [7, 11) is -0.877. The zero-order valence-electron chi connectivity index (χ0n) is 25.1. The molecular formula is C42H32AuN2P+. The Bertz CT molecular complexity index is 1950. The van der Waals surface area contributed by atoms with E-state index in [1.165, 1.54) is 38.2 Å². The van der Waals surface area contributed by atoms with Crippen molar-refractivity contribution in [2.75, 3.05) is 0 Å². The van der Waals surface area contributed by atoms with E-state index in [-0.39, 0.29) is 22.4 Å². The van der Waals surface area contributed by atoms with Crippen molar-refractivity contribution in [3.05, 3.63) is 188 Å². The molecule has 0 saturated heterocycles. The summed E-state index contributed by atoms with van der Waals surface area (Å²) >= 11 is 0. The van der Waals surface area contributed by atoms with Gasteiger partial charge in [-0.3, -0.25) is 9.97 Å². The van der Waals surface area contributed by atoms with E-state index >= 15 is 0 Å². The molecular weight excluding hydrogens is 760 g/mol. The van der Waals surface area contributed by atoms with Gasteiger partial charge in [-0.1, -0.05) is 127 Å². The van der Waals surface area contributed by atoms with Gasteiger partial charge in [-0.05, 0) is 70.8 Å². The van der Waals surface area contributed by atoms with Gasteiger partial charge in [0.2, 0.25) is 0 Å². The molecule has 4 heteroatoms. The summed E-state index contributed by atoms with van der Waals surface area (Å²) in [5, 5.41) is 6.56. The average molecular weight is 793 g/mol. The van der Waals surface area contributed by atoms with E-state index < -0.39 is 7.92 Å². The molecule has 0 saturated carbocycles. The van der Waals surface area contributed by atoms with Crippen LogP contribution in [-0.4, -0.2) is 9.97 Å². The number of nitrogens with zero attached hydrogens (tertiary/aromatic N) is 2. The predicted octanol–water partition coefficient (Wildman–Crippen LogP) is 9.29. The van der Waals surface area contributed by atoms with E-state index in [4.69, 9.17) is 0 Å². The summed E-state index contributed by atoms with van der Waals surface area (Å²) < 4.78 is 0. The van der Waals surface area contributed by atoms with Gasteiger partial charge in [-0.25, -0.2) is 0 Å². The third-order valence-electron chi connectivity index (χ3n) is 7.98. The Hall–Kier alpha value is -4.69. The largest absolute Gasteiger partial charge is 0.254 e. The second kappa shape index (κ2) is 15.1. The standard InChI is InChI=1S/C24H16N2.C18H15P.Au/c1-3-7-17(8-4-1)19-13-15-25-23-21(19)11-12-22-20(14-16-26-24(22)23)18-9-5-2-6-10-18;1-4-10-16(11-5-1)19(17-12-6-2-7-13-17)18-14-8-3-9-15-18;/h1-16H;1-15H;/p+1. The maximum absolute atomic E-state index is 4.67. The number of benzene rings is 6. The van der Waals surface area contributed by atoms with Gasteiger partial charge in [0.15, 0.2) is 0 Å². The van der Waals surface area contributed by atoms with Crippen LogP contribution < -0.4 is 15.9 Å². The Kier molecular flexibility index (Phi) is 10.2. The summed E-state index contributed by atoms with van der Waals surface area (Å²) in [5.74, 6) is 0. The third-order valence-corrected chi connectivity index (χ3v) is 10.7. The average Bonchev–Trinajstić information content (AvgIpc) is 3.13. The molecule has 6 aromatic carbocycles. The summed E-state index contributed by atoms with van der Waals surface area (Å²) in [6.45, 7) is 0. The molecule has 0 bridgehead atoms. The van der Waals surface area contributed by atoms with E-state index in [1.807, 2.05) is 24.5 Å². The van der Waals surface area contributed by atoms with Crippen LogP contribution in [0.15, 0.2) is 188 Å². The second-order valence-electron chi connectivity index (χ2n) is 10.8. The van der Waals surface area contributed by atoms with E-state index in [0.717, 1.165) is 21.8 Å². The van der Waals surface area contributed by atoms with Crippen LogP contribution in [-0.2, 0) is 22.4 Å². The maximum Gasteiger partial charge on any atom is 0.102 e. The van der Waals surface area contributed by atoms with Gasteiger partial charge in [0.05, 0.1) is 19.0 Å². The van der Waals surface area contributed by atoms with Crippen molar-refractivity contribution < 1.29 is 22.4 Å². The molecule has 0 unspecified atom stereocenters. The van der Waals surface area contributed by atoms with E-state index in [2.05, 4.69) is 174 Å². The third kappa shape index (κ3) is 6.77. The molecule has 0 aliphatic carbocycles. The minimum absolute atomic E-state index is 0. The second-order valence-corrected chi connectivity index (χ2v) is 13.3. The van der Waals surface area contributed by atoms with Gasteiger partial charge in [0.25, 0.3) is 0 Å². The SMILES string of the molecule is [Au].c1ccc(-c2ccnc3c2ccc2c(-c4ccccc4)ccnc23)cc1.c1ccc([PH+](c2ccccc2)c2ccccc2)cc1. The van der Waals surface area contributed by atoms with Crippen molar-refractivity contribution in [3.8, 4) is 22.3 Å². The Morgan fingerprint density at radius 2 is 0.630 bits per heavy atom. The number of hydrogen-bond acceptors (Lipinski definition) is 2. The molecule has 2 aromatic heterocycles. The number of aromatic nitrogens is 2. The molecule has 46 heavy (non-hydrogen) atoms. The Labute approximate surface area is 287 Å². The van der Waals surface area contributed by atoms with Crippen molar-refractivity contribution in [1.29, 1.82) is 0 Å². The molecule has 0 fully saturated rings. The fraction of sp³-hybridized carbons (Fsp3) is 0. The Morgan fingerprint density at radius 1 is 0.326 bits per heavy atom. The Balaban J connectivity index is 0.000000166. The Morgan fingerprint density at radius 3 is 0.957 bits per heavy atom. The normalized spacial score (nSPS) is 10.6. The molecule has 0 aliphatic heterocycles. The molecule has 2 heterocycles. The topological polar surface area (TPSA) is 25.8 Å². The van der Waals surface area contributed by atoms with Gasteiger partial charge >= 0.3 is 0 Å². The number of hydrogen-bond donors (Lipinski definition) is 0. The van der Waals surface area contributed by atoms with Gasteiger partial charge in [0, 0.05) is 45.5 Å². The summed E-state index contributed by atoms with van der Waals surface area (Å²) in [5.41, 5.74) is 6.65. The van der Waals surface area contributed by atoms with Gasteiger partial charge in [-0.2, -0.15) is 0 Å². The smallest absolute Gasteiger partial charge is 0.102 e. The first-order valence-corrected chi connectivity index (χ1v) is 16.7. The first kappa shape index (κ1) is 31.3. The number of pyridine rings is 2. The van der Waals surface area contributed by atoms with Crippen LogP contribution >= 0.6 is 7.92 Å². The zero-order chi connectivity index (χ0) is 30.3. The van der Waals surface area contributed by atoms with E-state index in [9.17, 15) is 0 Å². The van der Waals surface area contributed by atoms with Crippen molar-refractivity contribution in [2.45, 2.75) is 0 Å². The van der Waals surface area contributed by atoms with Crippen LogP contribution in [0.3, 0.4) is 0 Å². The van der Waals surface area contributed by atoms with Crippen molar-refractivity contribution in [3.63, 3.8) is 0 Å². The van der Waals surface area contributed by atoms with Gasteiger partial charge in [-0.15, -0.1) is 0 Å². The minimum atomic E-state index is -0.877. The van der Waals surface area contributed by atoms with Crippen LogP contribution in [0.1, 0.15) is 0 Å². The van der Waals surface area contributed by atoms with E-state index in [0.29, 0.717) is 0 Å². The van der Waals surface area contributed by atoms with Crippen LogP contribution in [0.4, 0.5) is 0 Å². The quantitative estimate of drug-likeness (QED) is 0.0988. The fourth-order valence-electron chi connectivity index (χ4n) is 5.88. The molecule has 8 rings (SSSR count).